The van der Waals surface area contributed by atoms with Crippen LogP contribution in [0.3, 0.4) is 0 Å². The second-order valence-electron chi connectivity index (χ2n) is 7.55. The van der Waals surface area contributed by atoms with Crippen LogP contribution < -0.4 is 10.2 Å². The van der Waals surface area contributed by atoms with Crippen LogP contribution in [0.15, 0.2) is 60.9 Å². The Morgan fingerprint density at radius 3 is 2.52 bits per heavy atom. The van der Waals surface area contributed by atoms with E-state index in [1.165, 1.54) is 16.8 Å². The second kappa shape index (κ2) is 9.12. The van der Waals surface area contributed by atoms with Crippen molar-refractivity contribution in [1.82, 2.24) is 14.4 Å². The number of hydrogen-bond donors (Lipinski definition) is 2. The molecule has 2 N–H and O–H groups in total. The van der Waals surface area contributed by atoms with Crippen molar-refractivity contribution < 1.29 is 22.9 Å². The zero-order chi connectivity index (χ0) is 28.5. The standard InChI is InChI=1S/C25H25N5O3/c1-16-4-8-18(9-5-16)25(33)27-19-10-6-17(7-11-19)14-21-28-24(29(2)3)20(15-22(31)32)23-26-12-13-30(21)23/h4-13H,14-15H2,1-3H3,(H,27,33)(H,31,32)/i2D3,3D3. The van der Waals surface area contributed by atoms with Crippen molar-refractivity contribution >= 4 is 29.0 Å². The zero-order valence-electron chi connectivity index (χ0n) is 23.7. The summed E-state index contributed by atoms with van der Waals surface area (Å²) < 4.78 is 48.5. The van der Waals surface area contributed by atoms with Crippen LogP contribution in [0.25, 0.3) is 5.65 Å². The number of carboxylic acids is 1. The molecule has 0 unspecified atom stereocenters. The third kappa shape index (κ3) is 4.85. The monoisotopic (exact) mass is 449 g/mol. The fourth-order valence-corrected chi connectivity index (χ4v) is 3.49. The summed E-state index contributed by atoms with van der Waals surface area (Å²) in [6, 6.07) is 14.0. The molecule has 0 aliphatic rings. The van der Waals surface area contributed by atoms with Crippen LogP contribution in [0, 0.1) is 6.92 Å². The number of anilines is 2. The van der Waals surface area contributed by atoms with E-state index >= 15 is 0 Å². The van der Waals surface area contributed by atoms with Gasteiger partial charge in [0.05, 0.1) is 6.42 Å². The molecule has 2 heterocycles. The SMILES string of the molecule is [2H]C([2H])([2H])N(c1nc(Cc2ccc(NC(=O)c3ccc(C)cc3)cc2)n2ccnc2c1CC(=O)O)C([2H])([2H])[2H]. The number of nitrogens with one attached hydrogen (secondary N) is 1. The fraction of sp³-hybridized carbons (Fsp3) is 0.200. The summed E-state index contributed by atoms with van der Waals surface area (Å²) in [7, 11) is 0. The Morgan fingerprint density at radius 1 is 1.12 bits per heavy atom. The Balaban J connectivity index is 1.70. The van der Waals surface area contributed by atoms with Crippen LogP contribution in [-0.2, 0) is 17.6 Å². The van der Waals surface area contributed by atoms with Crippen molar-refractivity contribution in [3.63, 3.8) is 0 Å². The molecule has 0 spiro atoms. The quantitative estimate of drug-likeness (QED) is 0.447. The minimum Gasteiger partial charge on any atom is -0.481 e. The minimum absolute atomic E-state index is 0.0953. The number of aromatic nitrogens is 3. The van der Waals surface area contributed by atoms with Crippen molar-refractivity contribution in [2.24, 2.45) is 0 Å². The Bertz CT molecular complexity index is 1500. The van der Waals surface area contributed by atoms with Gasteiger partial charge < -0.3 is 15.3 Å². The lowest BCUT2D eigenvalue weighted by molar-refractivity contribution is -0.136. The van der Waals surface area contributed by atoms with E-state index in [1.807, 2.05) is 19.1 Å². The number of benzene rings is 2. The van der Waals surface area contributed by atoms with E-state index in [4.69, 9.17) is 8.22 Å². The van der Waals surface area contributed by atoms with Gasteiger partial charge in [0.1, 0.15) is 17.3 Å². The molecule has 33 heavy (non-hydrogen) atoms. The van der Waals surface area contributed by atoms with Crippen LogP contribution >= 0.6 is 0 Å². The van der Waals surface area contributed by atoms with Gasteiger partial charge in [-0.15, -0.1) is 0 Å². The lowest BCUT2D eigenvalue weighted by Gasteiger charge is -2.18. The molecule has 0 atom stereocenters. The summed E-state index contributed by atoms with van der Waals surface area (Å²) in [5, 5.41) is 12.3. The number of aryl methyl sites for hydroxylation is 1. The van der Waals surface area contributed by atoms with Crippen LogP contribution in [0.4, 0.5) is 11.5 Å². The Kier molecular flexibility index (Phi) is 4.30. The first kappa shape index (κ1) is 15.6. The van der Waals surface area contributed by atoms with Gasteiger partial charge in [-0.05, 0) is 36.8 Å². The lowest BCUT2D eigenvalue weighted by atomic mass is 10.1. The van der Waals surface area contributed by atoms with Gasteiger partial charge >= 0.3 is 5.97 Å². The van der Waals surface area contributed by atoms with Gasteiger partial charge in [0.2, 0.25) is 0 Å². The maximum Gasteiger partial charge on any atom is 0.308 e. The molecule has 8 heteroatoms. The molecule has 2 aromatic carbocycles. The number of hydrogen-bond acceptors (Lipinski definition) is 5. The average Bonchev–Trinajstić information content (AvgIpc) is 3.31. The number of imidazole rings is 1. The van der Waals surface area contributed by atoms with E-state index < -0.39 is 32.2 Å². The number of fused-ring (bicyclic) bond motifs is 1. The topological polar surface area (TPSA) is 99.8 Å². The summed E-state index contributed by atoms with van der Waals surface area (Å²) in [6.07, 6.45) is 2.39. The molecule has 0 fully saturated rings. The van der Waals surface area contributed by atoms with E-state index in [1.54, 1.807) is 36.4 Å². The van der Waals surface area contributed by atoms with Gasteiger partial charge in [0, 0.05) is 57.8 Å². The largest absolute Gasteiger partial charge is 0.481 e. The molecule has 168 valence electrons. The molecule has 2 aromatic heterocycles. The van der Waals surface area contributed by atoms with Gasteiger partial charge in [-0.2, -0.15) is 0 Å². The number of rotatable bonds is 7. The molecule has 0 bridgehead atoms. The molecule has 0 radical (unpaired) electrons. The molecule has 4 rings (SSSR count). The van der Waals surface area contributed by atoms with Crippen molar-refractivity contribution in [2.45, 2.75) is 19.8 Å². The molecular formula is C25H25N5O3. The number of carbonyl (C=O) groups is 2. The Morgan fingerprint density at radius 2 is 1.85 bits per heavy atom. The van der Waals surface area contributed by atoms with Crippen molar-refractivity contribution in [3.8, 4) is 0 Å². The summed E-state index contributed by atoms with van der Waals surface area (Å²) in [6.45, 7) is -4.34. The number of amides is 1. The molecule has 0 aliphatic carbocycles. The second-order valence-corrected chi connectivity index (χ2v) is 7.55. The highest BCUT2D eigenvalue weighted by Crippen LogP contribution is 2.24. The van der Waals surface area contributed by atoms with Crippen LogP contribution in [0.1, 0.15) is 41.1 Å². The third-order valence-corrected chi connectivity index (χ3v) is 5.12. The van der Waals surface area contributed by atoms with Crippen molar-refractivity contribution in [1.29, 1.82) is 0 Å². The number of nitrogens with zero attached hydrogens (tertiary/aromatic N) is 4. The molecular weight excluding hydrogens is 418 g/mol. The first-order valence-corrected chi connectivity index (χ1v) is 10.1. The van der Waals surface area contributed by atoms with Gasteiger partial charge in [-0.3, -0.25) is 14.0 Å². The average molecular weight is 450 g/mol. The normalized spacial score (nSPS) is 14.3. The first-order chi connectivity index (χ1) is 18.2. The van der Waals surface area contributed by atoms with E-state index in [-0.39, 0.29) is 34.3 Å². The number of carbonyl (C=O) groups excluding carboxylic acids is 1. The highest BCUT2D eigenvalue weighted by Gasteiger charge is 2.19. The Hall–Kier alpha value is -4.20. The summed E-state index contributed by atoms with van der Waals surface area (Å²) >= 11 is 0. The van der Waals surface area contributed by atoms with Crippen molar-refractivity contribution in [3.05, 3.63) is 89.0 Å². The zero-order valence-corrected chi connectivity index (χ0v) is 17.7. The third-order valence-electron chi connectivity index (χ3n) is 5.12. The number of aliphatic carboxylic acids is 1. The van der Waals surface area contributed by atoms with Gasteiger partial charge in [-0.25, -0.2) is 9.97 Å². The first-order valence-electron chi connectivity index (χ1n) is 13.1. The van der Waals surface area contributed by atoms with Crippen molar-refractivity contribution in [2.75, 3.05) is 24.2 Å². The lowest BCUT2D eigenvalue weighted by Crippen LogP contribution is -2.19. The van der Waals surface area contributed by atoms with E-state index in [0.29, 0.717) is 11.3 Å². The molecule has 1 amide bonds. The molecule has 4 aromatic rings. The summed E-state index contributed by atoms with van der Waals surface area (Å²) in [5.41, 5.74) is 2.79. The maximum absolute atomic E-state index is 12.5. The smallest absolute Gasteiger partial charge is 0.308 e. The van der Waals surface area contributed by atoms with E-state index in [2.05, 4.69) is 15.3 Å². The van der Waals surface area contributed by atoms with Gasteiger partial charge in [0.15, 0.2) is 0 Å². The van der Waals surface area contributed by atoms with Crippen LogP contribution in [0.5, 0.6) is 0 Å². The maximum atomic E-state index is 12.5. The summed E-state index contributed by atoms with van der Waals surface area (Å²) in [5.74, 6) is -1.80. The number of carboxylic acid groups (broad SMARTS) is 1. The van der Waals surface area contributed by atoms with Gasteiger partial charge in [0.25, 0.3) is 5.91 Å². The van der Waals surface area contributed by atoms with Gasteiger partial charge in [-0.1, -0.05) is 29.8 Å². The van der Waals surface area contributed by atoms with E-state index in [9.17, 15) is 14.7 Å². The predicted molar refractivity (Wildman–Crippen MR) is 127 cm³/mol. The molecule has 0 saturated heterocycles. The molecule has 0 saturated carbocycles. The highest BCUT2D eigenvalue weighted by atomic mass is 16.4. The fourth-order valence-electron chi connectivity index (χ4n) is 3.49. The summed E-state index contributed by atoms with van der Waals surface area (Å²) in [4.78, 5) is 32.9. The predicted octanol–water partition coefficient (Wildman–Crippen LogP) is 3.57. The van der Waals surface area contributed by atoms with E-state index in [0.717, 1.165) is 11.1 Å². The Labute approximate surface area is 200 Å². The minimum atomic E-state index is -3.13. The molecule has 0 aliphatic heterocycles. The van der Waals surface area contributed by atoms with Crippen LogP contribution in [0.2, 0.25) is 0 Å². The van der Waals surface area contributed by atoms with Crippen LogP contribution in [-0.4, -0.2) is 45.3 Å². The highest BCUT2D eigenvalue weighted by molar-refractivity contribution is 6.04. The molecule has 8 nitrogen and oxygen atoms in total.